The van der Waals surface area contributed by atoms with Gasteiger partial charge in [0, 0.05) is 9.85 Å². The second-order valence-corrected chi connectivity index (χ2v) is 5.23. The van der Waals surface area contributed by atoms with Gasteiger partial charge in [0.15, 0.2) is 6.20 Å². The van der Waals surface area contributed by atoms with Crippen molar-refractivity contribution >= 4 is 32.2 Å². The zero-order valence-electron chi connectivity index (χ0n) is 8.30. The van der Waals surface area contributed by atoms with Gasteiger partial charge >= 0.3 is 4.96 Å². The molecule has 3 rings (SSSR count). The van der Waals surface area contributed by atoms with Gasteiger partial charge in [-0.25, -0.2) is 0 Å². The van der Waals surface area contributed by atoms with Gasteiger partial charge in [0.25, 0.3) is 0 Å². The predicted molar refractivity (Wildman–Crippen MR) is 68.4 cm³/mol. The van der Waals surface area contributed by atoms with E-state index in [-0.39, 0.29) is 0 Å². The number of hydrogen-bond donors (Lipinski definition) is 0. The van der Waals surface area contributed by atoms with Crippen LogP contribution in [0.4, 0.5) is 0 Å². The van der Waals surface area contributed by atoms with Crippen LogP contribution in [0.1, 0.15) is 0 Å². The minimum absolute atomic E-state index is 1.01. The first-order chi connectivity index (χ1) is 7.83. The van der Waals surface area contributed by atoms with Gasteiger partial charge in [0.1, 0.15) is 12.4 Å². The highest BCUT2D eigenvalue weighted by molar-refractivity contribution is 9.10. The quantitative estimate of drug-likeness (QED) is 0.629. The molecule has 0 aliphatic carbocycles. The highest BCUT2D eigenvalue weighted by atomic mass is 79.9. The number of thiazole rings is 1. The summed E-state index contributed by atoms with van der Waals surface area (Å²) in [5, 5.41) is 2.04. The Morgan fingerprint density at radius 3 is 2.75 bits per heavy atom. The Kier molecular flexibility index (Phi) is 2.46. The molecule has 0 unspecified atom stereocenters. The zero-order chi connectivity index (χ0) is 11.0. The average molecular weight is 292 g/mol. The smallest absolute Gasteiger partial charge is 0.192 e. The van der Waals surface area contributed by atoms with Crippen molar-refractivity contribution in [2.24, 2.45) is 0 Å². The van der Waals surface area contributed by atoms with E-state index in [4.69, 9.17) is 0 Å². The van der Waals surface area contributed by atoms with Crippen LogP contribution >= 0.6 is 27.3 Å². The van der Waals surface area contributed by atoms with E-state index in [0.717, 1.165) is 15.0 Å². The van der Waals surface area contributed by atoms with Gasteiger partial charge in [-0.05, 0) is 22.7 Å². The molecular formula is C12H8BrN2S+. The number of hydrogen-bond acceptors (Lipinski definition) is 2. The lowest BCUT2D eigenvalue weighted by atomic mass is 10.1. The molecule has 2 nitrogen and oxygen atoms in total. The number of aromatic nitrogens is 2. The van der Waals surface area contributed by atoms with E-state index in [1.165, 1.54) is 5.56 Å². The first-order valence-corrected chi connectivity index (χ1v) is 6.51. The third-order valence-electron chi connectivity index (χ3n) is 2.39. The summed E-state index contributed by atoms with van der Waals surface area (Å²) >= 11 is 5.07. The standard InChI is InChI=1S/C12H8BrN2S/c13-11-3-1-9(2-4-11)10-7-14-12-15(8-10)5-6-16-12/h1-8H/q+1. The highest BCUT2D eigenvalue weighted by Gasteiger charge is 2.08. The molecule has 0 radical (unpaired) electrons. The van der Waals surface area contributed by atoms with E-state index >= 15 is 0 Å². The van der Waals surface area contributed by atoms with Crippen LogP contribution in [0.2, 0.25) is 0 Å². The van der Waals surface area contributed by atoms with Crippen molar-refractivity contribution in [1.82, 2.24) is 4.98 Å². The van der Waals surface area contributed by atoms with Gasteiger partial charge in [-0.1, -0.05) is 39.4 Å². The van der Waals surface area contributed by atoms with Gasteiger partial charge in [-0.15, -0.1) is 0 Å². The predicted octanol–water partition coefficient (Wildman–Crippen LogP) is 3.31. The minimum Gasteiger partial charge on any atom is -0.192 e. The molecule has 0 aliphatic rings. The largest absolute Gasteiger partial charge is 0.386 e. The summed E-state index contributed by atoms with van der Waals surface area (Å²) in [5.74, 6) is 0. The molecule has 0 spiro atoms. The zero-order valence-corrected chi connectivity index (χ0v) is 10.7. The second-order valence-electron chi connectivity index (χ2n) is 3.44. The van der Waals surface area contributed by atoms with Crippen LogP contribution in [0.15, 0.2) is 52.7 Å². The molecule has 0 fully saturated rings. The third-order valence-corrected chi connectivity index (χ3v) is 3.70. The first kappa shape index (κ1) is 9.93. The van der Waals surface area contributed by atoms with E-state index in [2.05, 4.69) is 39.2 Å². The monoisotopic (exact) mass is 291 g/mol. The Labute approximate surface area is 105 Å². The SMILES string of the molecule is Brc1ccc(-c2cnc3scc[n+]3c2)cc1. The van der Waals surface area contributed by atoms with Crippen molar-refractivity contribution in [3.63, 3.8) is 0 Å². The van der Waals surface area contributed by atoms with Crippen molar-refractivity contribution in [1.29, 1.82) is 0 Å². The molecule has 2 heterocycles. The number of fused-ring (bicyclic) bond motifs is 1. The third kappa shape index (κ3) is 1.74. The molecule has 0 atom stereocenters. The normalized spacial score (nSPS) is 10.8. The summed E-state index contributed by atoms with van der Waals surface area (Å²) in [7, 11) is 0. The Morgan fingerprint density at radius 1 is 1.12 bits per heavy atom. The molecule has 0 amide bonds. The molecule has 0 saturated carbocycles. The van der Waals surface area contributed by atoms with Crippen LogP contribution in [0.25, 0.3) is 16.1 Å². The maximum absolute atomic E-state index is 4.41. The van der Waals surface area contributed by atoms with Crippen molar-refractivity contribution in [3.05, 3.63) is 52.7 Å². The first-order valence-electron chi connectivity index (χ1n) is 4.83. The van der Waals surface area contributed by atoms with E-state index in [1.54, 1.807) is 11.3 Å². The lowest BCUT2D eigenvalue weighted by molar-refractivity contribution is -0.509. The lowest BCUT2D eigenvalue weighted by Gasteiger charge is -1.97. The Bertz CT molecular complexity index is 631. The molecule has 3 aromatic rings. The van der Waals surface area contributed by atoms with E-state index in [0.29, 0.717) is 0 Å². The number of rotatable bonds is 1. The molecule has 0 aliphatic heterocycles. The lowest BCUT2D eigenvalue weighted by Crippen LogP contribution is -2.17. The molecular weight excluding hydrogens is 284 g/mol. The molecule has 0 N–H and O–H groups in total. The van der Waals surface area contributed by atoms with Crippen LogP contribution < -0.4 is 4.40 Å². The van der Waals surface area contributed by atoms with Crippen LogP contribution in [0.3, 0.4) is 0 Å². The highest BCUT2D eigenvalue weighted by Crippen LogP contribution is 2.20. The Balaban J connectivity index is 2.14. The van der Waals surface area contributed by atoms with Gasteiger partial charge in [0.05, 0.1) is 5.56 Å². The number of benzene rings is 1. The van der Waals surface area contributed by atoms with Crippen molar-refractivity contribution < 1.29 is 4.40 Å². The molecule has 16 heavy (non-hydrogen) atoms. The fraction of sp³-hybridized carbons (Fsp3) is 0. The van der Waals surface area contributed by atoms with E-state index in [9.17, 15) is 0 Å². The fourth-order valence-corrected chi connectivity index (χ4v) is 2.50. The summed E-state index contributed by atoms with van der Waals surface area (Å²) in [6.07, 6.45) is 6.03. The number of nitrogens with zero attached hydrogens (tertiary/aromatic N) is 2. The summed E-state index contributed by atoms with van der Waals surface area (Å²) in [5.41, 5.74) is 2.31. The van der Waals surface area contributed by atoms with Crippen molar-refractivity contribution in [2.45, 2.75) is 0 Å². The van der Waals surface area contributed by atoms with Crippen LogP contribution in [-0.2, 0) is 0 Å². The van der Waals surface area contributed by atoms with Crippen LogP contribution in [0.5, 0.6) is 0 Å². The Morgan fingerprint density at radius 2 is 1.94 bits per heavy atom. The topological polar surface area (TPSA) is 17.0 Å². The van der Waals surface area contributed by atoms with Crippen molar-refractivity contribution in [2.75, 3.05) is 0 Å². The molecule has 0 bridgehead atoms. The number of halogens is 1. The maximum atomic E-state index is 4.41. The summed E-state index contributed by atoms with van der Waals surface area (Å²) in [4.78, 5) is 5.42. The van der Waals surface area contributed by atoms with Crippen LogP contribution in [-0.4, -0.2) is 4.98 Å². The summed E-state index contributed by atoms with van der Waals surface area (Å²) < 4.78 is 3.13. The van der Waals surface area contributed by atoms with Gasteiger partial charge in [-0.2, -0.15) is 4.40 Å². The van der Waals surface area contributed by atoms with E-state index in [1.807, 2.05) is 34.3 Å². The van der Waals surface area contributed by atoms with Crippen molar-refractivity contribution in [3.8, 4) is 11.1 Å². The average Bonchev–Trinajstić information content (AvgIpc) is 2.77. The minimum atomic E-state index is 1.01. The summed E-state index contributed by atoms with van der Waals surface area (Å²) in [6.45, 7) is 0. The Hall–Kier alpha value is -1.26. The second kappa shape index (κ2) is 3.96. The molecule has 2 aromatic heterocycles. The molecule has 0 saturated heterocycles. The summed E-state index contributed by atoms with van der Waals surface area (Å²) in [6, 6.07) is 8.25. The van der Waals surface area contributed by atoms with Crippen LogP contribution in [0, 0.1) is 0 Å². The van der Waals surface area contributed by atoms with Gasteiger partial charge in [0.2, 0.25) is 0 Å². The van der Waals surface area contributed by atoms with Gasteiger partial charge < -0.3 is 0 Å². The maximum Gasteiger partial charge on any atom is 0.386 e. The van der Waals surface area contributed by atoms with Gasteiger partial charge in [-0.3, -0.25) is 0 Å². The van der Waals surface area contributed by atoms with E-state index < -0.39 is 0 Å². The molecule has 4 heteroatoms. The molecule has 1 aromatic carbocycles. The molecule has 78 valence electrons. The fourth-order valence-electron chi connectivity index (χ4n) is 1.58.